The van der Waals surface area contributed by atoms with Crippen molar-refractivity contribution in [2.45, 2.75) is 19.1 Å². The van der Waals surface area contributed by atoms with Crippen LogP contribution in [0, 0.1) is 0 Å². The highest BCUT2D eigenvalue weighted by atomic mass is 16.5. The van der Waals surface area contributed by atoms with E-state index in [2.05, 4.69) is 20.1 Å². The van der Waals surface area contributed by atoms with Crippen molar-refractivity contribution in [2.75, 3.05) is 31.2 Å². The summed E-state index contributed by atoms with van der Waals surface area (Å²) in [5.41, 5.74) is 3.61. The summed E-state index contributed by atoms with van der Waals surface area (Å²) in [4.78, 5) is 6.69. The van der Waals surface area contributed by atoms with E-state index in [0.717, 1.165) is 40.1 Å². The molecule has 3 heterocycles. The second-order valence-electron chi connectivity index (χ2n) is 6.46. The molecule has 1 aliphatic heterocycles. The zero-order chi connectivity index (χ0) is 17.9. The fourth-order valence-corrected chi connectivity index (χ4v) is 3.36. The van der Waals surface area contributed by atoms with E-state index in [1.54, 1.807) is 6.20 Å². The lowest BCUT2D eigenvalue weighted by Crippen LogP contribution is -2.43. The fraction of sp³-hybridized carbons (Fsp3) is 0.368. The van der Waals surface area contributed by atoms with Gasteiger partial charge in [-0.3, -0.25) is 5.10 Å². The molecule has 7 nitrogen and oxygen atoms in total. The molecule has 136 valence electrons. The molecule has 1 aromatic carbocycles. The maximum atomic E-state index is 9.40. The molecule has 1 saturated heterocycles. The zero-order valence-electron chi connectivity index (χ0n) is 14.4. The molecule has 0 spiro atoms. The highest BCUT2D eigenvalue weighted by molar-refractivity contribution is 5.93. The number of aromatic nitrogens is 3. The van der Waals surface area contributed by atoms with Crippen LogP contribution in [-0.4, -0.2) is 57.8 Å². The minimum absolute atomic E-state index is 0.00216. The Hall–Kier alpha value is -2.48. The van der Waals surface area contributed by atoms with Crippen LogP contribution in [0.3, 0.4) is 0 Å². The number of benzene rings is 1. The van der Waals surface area contributed by atoms with Crippen LogP contribution in [0.5, 0.6) is 0 Å². The number of H-pyrrole nitrogens is 1. The van der Waals surface area contributed by atoms with E-state index in [9.17, 15) is 5.11 Å². The fourth-order valence-electron chi connectivity index (χ4n) is 3.36. The molecule has 1 atom stereocenters. The molecule has 26 heavy (non-hydrogen) atoms. The van der Waals surface area contributed by atoms with Crippen LogP contribution in [0.4, 0.5) is 5.82 Å². The van der Waals surface area contributed by atoms with Gasteiger partial charge < -0.3 is 19.8 Å². The molecule has 4 rings (SSSR count). The van der Waals surface area contributed by atoms with Crippen LogP contribution in [0.25, 0.3) is 22.2 Å². The van der Waals surface area contributed by atoms with Crippen LogP contribution < -0.4 is 4.90 Å². The number of aromatic amines is 1. The number of nitrogens with one attached hydrogen (secondary N) is 1. The highest BCUT2D eigenvalue weighted by Crippen LogP contribution is 2.29. The summed E-state index contributed by atoms with van der Waals surface area (Å²) in [6.07, 6.45) is 2.44. The van der Waals surface area contributed by atoms with E-state index < -0.39 is 0 Å². The second-order valence-corrected chi connectivity index (χ2v) is 6.46. The Morgan fingerprint density at radius 2 is 2.15 bits per heavy atom. The zero-order valence-corrected chi connectivity index (χ0v) is 14.4. The lowest BCUT2D eigenvalue weighted by atomic mass is 10.1. The molecule has 7 heteroatoms. The summed E-state index contributed by atoms with van der Waals surface area (Å²) >= 11 is 0. The number of rotatable bonds is 5. The van der Waals surface area contributed by atoms with E-state index in [1.807, 2.05) is 30.3 Å². The van der Waals surface area contributed by atoms with E-state index in [4.69, 9.17) is 9.84 Å². The number of aliphatic hydroxyl groups is 2. The number of fused-ring (bicyclic) bond motifs is 1. The first-order valence-electron chi connectivity index (χ1n) is 8.80. The summed E-state index contributed by atoms with van der Waals surface area (Å²) < 4.78 is 5.69. The van der Waals surface area contributed by atoms with E-state index in [-0.39, 0.29) is 19.3 Å². The molecule has 0 saturated carbocycles. The van der Waals surface area contributed by atoms with Crippen molar-refractivity contribution in [1.29, 1.82) is 0 Å². The number of ether oxygens (including phenoxy) is 1. The van der Waals surface area contributed by atoms with Gasteiger partial charge in [0, 0.05) is 36.8 Å². The van der Waals surface area contributed by atoms with Crippen molar-refractivity contribution in [1.82, 2.24) is 15.2 Å². The molecule has 1 aliphatic rings. The molecule has 0 radical (unpaired) electrons. The Kier molecular flexibility index (Phi) is 4.83. The third kappa shape index (κ3) is 3.29. The average Bonchev–Trinajstić information content (AvgIpc) is 3.11. The molecule has 1 unspecified atom stereocenters. The minimum Gasteiger partial charge on any atom is -0.396 e. The van der Waals surface area contributed by atoms with Gasteiger partial charge in [0.25, 0.3) is 0 Å². The van der Waals surface area contributed by atoms with Gasteiger partial charge in [-0.25, -0.2) is 4.98 Å². The Labute approximate surface area is 151 Å². The number of anilines is 1. The number of hydrogen-bond donors (Lipinski definition) is 3. The van der Waals surface area contributed by atoms with Crippen molar-refractivity contribution in [3.8, 4) is 11.3 Å². The molecule has 0 amide bonds. The SMILES string of the molecule is OCCC1CN(c2cc(-c3n[nH]c4ccc(CO)cc34)ccn2)CCO1. The third-order valence-corrected chi connectivity index (χ3v) is 4.74. The van der Waals surface area contributed by atoms with Gasteiger partial charge in [0.05, 0.1) is 24.8 Å². The summed E-state index contributed by atoms with van der Waals surface area (Å²) in [6.45, 7) is 2.24. The predicted molar refractivity (Wildman–Crippen MR) is 98.9 cm³/mol. The molecule has 2 aromatic heterocycles. The van der Waals surface area contributed by atoms with E-state index in [0.29, 0.717) is 19.6 Å². The second kappa shape index (κ2) is 7.41. The van der Waals surface area contributed by atoms with Gasteiger partial charge in [-0.2, -0.15) is 5.10 Å². The minimum atomic E-state index is 0.00216. The number of hydrogen-bond acceptors (Lipinski definition) is 6. The first kappa shape index (κ1) is 17.0. The maximum Gasteiger partial charge on any atom is 0.129 e. The largest absolute Gasteiger partial charge is 0.396 e. The van der Waals surface area contributed by atoms with E-state index in [1.165, 1.54) is 0 Å². The van der Waals surface area contributed by atoms with Crippen LogP contribution in [-0.2, 0) is 11.3 Å². The Morgan fingerprint density at radius 1 is 1.23 bits per heavy atom. The highest BCUT2D eigenvalue weighted by Gasteiger charge is 2.21. The number of pyridine rings is 1. The third-order valence-electron chi connectivity index (χ3n) is 4.74. The Morgan fingerprint density at radius 3 is 3.00 bits per heavy atom. The number of nitrogens with zero attached hydrogens (tertiary/aromatic N) is 3. The van der Waals surface area contributed by atoms with Crippen LogP contribution >= 0.6 is 0 Å². The predicted octanol–water partition coefficient (Wildman–Crippen LogP) is 1.70. The van der Waals surface area contributed by atoms with Crippen LogP contribution in [0.2, 0.25) is 0 Å². The van der Waals surface area contributed by atoms with Crippen molar-refractivity contribution >= 4 is 16.7 Å². The Bertz CT molecular complexity index is 893. The number of aliphatic hydroxyl groups excluding tert-OH is 2. The van der Waals surface area contributed by atoms with Crippen LogP contribution in [0.1, 0.15) is 12.0 Å². The summed E-state index contributed by atoms with van der Waals surface area (Å²) in [7, 11) is 0. The topological polar surface area (TPSA) is 94.5 Å². The smallest absolute Gasteiger partial charge is 0.129 e. The Balaban J connectivity index is 1.66. The lowest BCUT2D eigenvalue weighted by molar-refractivity contribution is 0.0244. The van der Waals surface area contributed by atoms with Crippen molar-refractivity contribution < 1.29 is 14.9 Å². The van der Waals surface area contributed by atoms with Gasteiger partial charge in [-0.05, 0) is 36.2 Å². The summed E-state index contributed by atoms with van der Waals surface area (Å²) in [5, 5.41) is 27.0. The monoisotopic (exact) mass is 354 g/mol. The normalized spacial score (nSPS) is 17.8. The van der Waals surface area contributed by atoms with Crippen molar-refractivity contribution in [3.05, 3.63) is 42.1 Å². The van der Waals surface area contributed by atoms with Gasteiger partial charge in [0.2, 0.25) is 0 Å². The van der Waals surface area contributed by atoms with Gasteiger partial charge in [0.15, 0.2) is 0 Å². The first-order chi connectivity index (χ1) is 12.8. The van der Waals surface area contributed by atoms with Gasteiger partial charge in [-0.15, -0.1) is 0 Å². The van der Waals surface area contributed by atoms with Gasteiger partial charge >= 0.3 is 0 Å². The van der Waals surface area contributed by atoms with Crippen molar-refractivity contribution in [3.63, 3.8) is 0 Å². The standard InChI is InChI=1S/C19H22N4O3/c24-7-4-15-11-23(6-8-26-15)18-10-14(3-5-20-18)19-16-9-13(12-25)1-2-17(16)21-22-19/h1-3,5,9-10,15,24-25H,4,6-8,11-12H2,(H,21,22). The van der Waals surface area contributed by atoms with Crippen LogP contribution in [0.15, 0.2) is 36.5 Å². The van der Waals surface area contributed by atoms with Gasteiger partial charge in [-0.1, -0.05) is 6.07 Å². The molecule has 3 N–H and O–H groups in total. The molecule has 1 fully saturated rings. The van der Waals surface area contributed by atoms with Crippen molar-refractivity contribution in [2.24, 2.45) is 0 Å². The first-order valence-corrected chi connectivity index (χ1v) is 8.80. The summed E-state index contributed by atoms with van der Waals surface area (Å²) in [6, 6.07) is 9.75. The average molecular weight is 354 g/mol. The number of morpholine rings is 1. The molecule has 3 aromatic rings. The lowest BCUT2D eigenvalue weighted by Gasteiger charge is -2.33. The molecular weight excluding hydrogens is 332 g/mol. The van der Waals surface area contributed by atoms with E-state index >= 15 is 0 Å². The maximum absolute atomic E-state index is 9.40. The molecule has 0 aliphatic carbocycles. The summed E-state index contributed by atoms with van der Waals surface area (Å²) in [5.74, 6) is 0.878. The van der Waals surface area contributed by atoms with Gasteiger partial charge in [0.1, 0.15) is 11.5 Å². The molecular formula is C19H22N4O3. The quantitative estimate of drug-likeness (QED) is 0.646. The molecule has 0 bridgehead atoms.